The molecular formula is C12H13F2N3S. The smallest absolute Gasteiger partial charge is 0.164 e. The Labute approximate surface area is 108 Å². The highest BCUT2D eigenvalue weighted by Gasteiger charge is 2.55. The fourth-order valence-corrected chi connectivity index (χ4v) is 3.91. The number of benzene rings is 1. The van der Waals surface area contributed by atoms with Crippen LogP contribution in [0.3, 0.4) is 0 Å². The molecule has 1 saturated carbocycles. The van der Waals surface area contributed by atoms with Gasteiger partial charge in [-0.2, -0.15) is 0 Å². The van der Waals surface area contributed by atoms with Crippen LogP contribution in [0, 0.1) is 17.6 Å². The Balaban J connectivity index is 2.17. The van der Waals surface area contributed by atoms with E-state index in [1.54, 1.807) is 6.92 Å². The molecule has 3 atom stereocenters. The quantitative estimate of drug-likeness (QED) is 0.768. The first-order valence-corrected chi connectivity index (χ1v) is 6.57. The zero-order chi connectivity index (χ0) is 13.1. The zero-order valence-corrected chi connectivity index (χ0v) is 10.6. The number of aliphatic imine (C=N–C) groups is 1. The molecule has 3 nitrogen and oxygen atoms in total. The summed E-state index contributed by atoms with van der Waals surface area (Å²) in [5, 5.41) is 0.787. The number of nitrogen functional groups attached to an aromatic ring is 1. The maximum absolute atomic E-state index is 14.0. The summed E-state index contributed by atoms with van der Waals surface area (Å²) in [6.07, 6.45) is 0.918. The van der Waals surface area contributed by atoms with Gasteiger partial charge >= 0.3 is 0 Å². The predicted octanol–water partition coefficient (Wildman–Crippen LogP) is 2.21. The number of amidine groups is 1. The van der Waals surface area contributed by atoms with Gasteiger partial charge in [0.05, 0.1) is 5.54 Å². The molecule has 0 bridgehead atoms. The summed E-state index contributed by atoms with van der Waals surface area (Å²) in [6, 6.07) is 2.44. The Morgan fingerprint density at radius 2 is 2.11 bits per heavy atom. The van der Waals surface area contributed by atoms with Gasteiger partial charge < -0.3 is 11.5 Å². The van der Waals surface area contributed by atoms with E-state index in [-0.39, 0.29) is 17.2 Å². The standard InChI is InChI=1S/C12H13F2N3S/c1-12(6-4-9(6)18-11(16)17-12)7-2-5(15)3-8(13)10(7)14/h2-3,6,9H,4,15H2,1H3,(H2,16,17)/t6-,9+,12+/m1/s1. The Morgan fingerprint density at radius 3 is 2.83 bits per heavy atom. The van der Waals surface area contributed by atoms with Crippen LogP contribution in [0.5, 0.6) is 0 Å². The molecule has 1 aromatic rings. The van der Waals surface area contributed by atoms with E-state index >= 15 is 0 Å². The van der Waals surface area contributed by atoms with Crippen LogP contribution in [0.15, 0.2) is 17.1 Å². The van der Waals surface area contributed by atoms with Gasteiger partial charge in [0.25, 0.3) is 0 Å². The van der Waals surface area contributed by atoms with Crippen molar-refractivity contribution >= 4 is 22.6 Å². The summed E-state index contributed by atoms with van der Waals surface area (Å²) in [7, 11) is 0. The fourth-order valence-electron chi connectivity index (χ4n) is 2.62. The van der Waals surface area contributed by atoms with Gasteiger partial charge in [-0.15, -0.1) is 0 Å². The number of fused-ring (bicyclic) bond motifs is 1. The highest BCUT2D eigenvalue weighted by Crippen LogP contribution is 2.57. The monoisotopic (exact) mass is 269 g/mol. The molecule has 0 spiro atoms. The van der Waals surface area contributed by atoms with Gasteiger partial charge in [0.15, 0.2) is 16.8 Å². The van der Waals surface area contributed by atoms with Crippen LogP contribution in [-0.2, 0) is 5.54 Å². The Morgan fingerprint density at radius 1 is 1.39 bits per heavy atom. The minimum Gasteiger partial charge on any atom is -0.399 e. The van der Waals surface area contributed by atoms with E-state index in [1.165, 1.54) is 17.8 Å². The van der Waals surface area contributed by atoms with Crippen LogP contribution in [0.2, 0.25) is 0 Å². The van der Waals surface area contributed by atoms with Crippen LogP contribution in [-0.4, -0.2) is 10.4 Å². The molecule has 96 valence electrons. The molecule has 0 radical (unpaired) electrons. The molecule has 1 aromatic carbocycles. The van der Waals surface area contributed by atoms with E-state index in [4.69, 9.17) is 11.5 Å². The van der Waals surface area contributed by atoms with E-state index in [0.717, 1.165) is 12.5 Å². The highest BCUT2D eigenvalue weighted by atomic mass is 32.2. The van der Waals surface area contributed by atoms with Crippen molar-refractivity contribution < 1.29 is 8.78 Å². The number of hydrogen-bond donors (Lipinski definition) is 2. The Hall–Kier alpha value is -1.30. The molecule has 1 aliphatic carbocycles. The topological polar surface area (TPSA) is 64.4 Å². The van der Waals surface area contributed by atoms with Crippen molar-refractivity contribution in [2.45, 2.75) is 24.1 Å². The number of thioether (sulfide) groups is 1. The summed E-state index contributed by atoms with van der Waals surface area (Å²) in [5.41, 5.74) is 11.0. The molecule has 1 fully saturated rings. The second-order valence-corrected chi connectivity index (χ2v) is 6.22. The molecule has 3 rings (SSSR count). The summed E-state index contributed by atoms with van der Waals surface area (Å²) in [5.74, 6) is -1.61. The first-order valence-electron chi connectivity index (χ1n) is 5.69. The number of rotatable bonds is 1. The zero-order valence-electron chi connectivity index (χ0n) is 9.78. The minimum absolute atomic E-state index is 0.200. The van der Waals surface area contributed by atoms with E-state index in [0.29, 0.717) is 10.4 Å². The molecule has 0 unspecified atom stereocenters. The van der Waals surface area contributed by atoms with Crippen LogP contribution in [0.1, 0.15) is 18.9 Å². The first-order chi connectivity index (χ1) is 8.41. The molecule has 0 amide bonds. The van der Waals surface area contributed by atoms with Gasteiger partial charge in [-0.25, -0.2) is 8.78 Å². The number of nitrogens with two attached hydrogens (primary N) is 2. The predicted molar refractivity (Wildman–Crippen MR) is 69.2 cm³/mol. The second kappa shape index (κ2) is 3.60. The number of hydrogen-bond acceptors (Lipinski definition) is 4. The normalized spacial score (nSPS) is 33.8. The van der Waals surface area contributed by atoms with Crippen LogP contribution in [0.4, 0.5) is 14.5 Å². The fraction of sp³-hybridized carbons (Fsp3) is 0.417. The molecule has 0 aromatic heterocycles. The van der Waals surface area contributed by atoms with Crippen molar-refractivity contribution in [1.82, 2.24) is 0 Å². The lowest BCUT2D eigenvalue weighted by atomic mass is 9.86. The average Bonchev–Trinajstić information content (AvgIpc) is 3.02. The lowest BCUT2D eigenvalue weighted by Gasteiger charge is -2.30. The number of anilines is 1. The molecule has 18 heavy (non-hydrogen) atoms. The van der Waals surface area contributed by atoms with E-state index < -0.39 is 17.2 Å². The molecule has 4 N–H and O–H groups in total. The van der Waals surface area contributed by atoms with Gasteiger partial charge in [0.2, 0.25) is 0 Å². The summed E-state index contributed by atoms with van der Waals surface area (Å²) >= 11 is 1.51. The van der Waals surface area contributed by atoms with Crippen LogP contribution in [0.25, 0.3) is 0 Å². The third-order valence-electron chi connectivity index (χ3n) is 3.66. The Kier molecular flexibility index (Phi) is 2.35. The molecule has 0 saturated heterocycles. The first kappa shape index (κ1) is 11.8. The lowest BCUT2D eigenvalue weighted by molar-refractivity contribution is 0.393. The molecule has 1 heterocycles. The van der Waals surface area contributed by atoms with Gasteiger partial charge in [-0.05, 0) is 25.5 Å². The lowest BCUT2D eigenvalue weighted by Crippen LogP contribution is -2.32. The van der Waals surface area contributed by atoms with Gasteiger partial charge in [0.1, 0.15) is 0 Å². The summed E-state index contributed by atoms with van der Waals surface area (Å²) < 4.78 is 27.4. The maximum atomic E-state index is 14.0. The molecule has 1 aliphatic heterocycles. The van der Waals surface area contributed by atoms with Crippen molar-refractivity contribution in [2.24, 2.45) is 16.6 Å². The van der Waals surface area contributed by atoms with Gasteiger partial charge in [-0.3, -0.25) is 4.99 Å². The van der Waals surface area contributed by atoms with Crippen molar-refractivity contribution in [2.75, 3.05) is 5.73 Å². The molecule has 6 heteroatoms. The van der Waals surface area contributed by atoms with E-state index in [2.05, 4.69) is 4.99 Å². The van der Waals surface area contributed by atoms with Gasteiger partial charge in [0, 0.05) is 22.4 Å². The average molecular weight is 269 g/mol. The summed E-state index contributed by atoms with van der Waals surface area (Å²) in [4.78, 5) is 4.35. The van der Waals surface area contributed by atoms with Crippen molar-refractivity contribution in [3.8, 4) is 0 Å². The number of nitrogens with zero attached hydrogens (tertiary/aromatic N) is 1. The molecule has 2 aliphatic rings. The Bertz CT molecular complexity index is 560. The van der Waals surface area contributed by atoms with Crippen molar-refractivity contribution in [1.29, 1.82) is 0 Å². The second-order valence-electron chi connectivity index (χ2n) is 4.96. The third kappa shape index (κ3) is 1.59. The summed E-state index contributed by atoms with van der Waals surface area (Å²) in [6.45, 7) is 1.79. The minimum atomic E-state index is -0.935. The highest BCUT2D eigenvalue weighted by molar-refractivity contribution is 8.14. The van der Waals surface area contributed by atoms with E-state index in [1.807, 2.05) is 0 Å². The van der Waals surface area contributed by atoms with Crippen LogP contribution >= 0.6 is 11.8 Å². The van der Waals surface area contributed by atoms with Crippen molar-refractivity contribution in [3.63, 3.8) is 0 Å². The SMILES string of the molecule is C[C@]1(c2cc(N)cc(F)c2F)N=C(N)S[C@H]2C[C@H]21. The van der Waals surface area contributed by atoms with Gasteiger partial charge in [-0.1, -0.05) is 11.8 Å². The van der Waals surface area contributed by atoms with Crippen molar-refractivity contribution in [3.05, 3.63) is 29.3 Å². The maximum Gasteiger partial charge on any atom is 0.164 e. The largest absolute Gasteiger partial charge is 0.399 e. The molecular weight excluding hydrogens is 256 g/mol. The number of halogens is 2. The third-order valence-corrected chi connectivity index (χ3v) is 4.82. The van der Waals surface area contributed by atoms with Crippen LogP contribution < -0.4 is 11.5 Å². The van der Waals surface area contributed by atoms with E-state index in [9.17, 15) is 8.78 Å².